The smallest absolute Gasteiger partial charge is 0.150 e. The molecule has 0 N–H and O–H groups in total. The first kappa shape index (κ1) is 27.3. The largest absolute Gasteiger partial charge is 0.455 e. The van der Waals surface area contributed by atoms with E-state index in [0.29, 0.717) is 0 Å². The fourth-order valence-electron chi connectivity index (χ4n) is 2.06. The molecule has 0 aliphatic rings. The van der Waals surface area contributed by atoms with Crippen molar-refractivity contribution in [2.75, 3.05) is 18.1 Å². The lowest BCUT2D eigenvalue weighted by molar-refractivity contribution is 0.496. The molecular formula is C24H39NOS. The van der Waals surface area contributed by atoms with Crippen LogP contribution < -0.4 is 0 Å². The summed E-state index contributed by atoms with van der Waals surface area (Å²) in [5, 5.41) is 0. The van der Waals surface area contributed by atoms with E-state index in [9.17, 15) is 0 Å². The van der Waals surface area contributed by atoms with Gasteiger partial charge in [-0.3, -0.25) is 0 Å². The van der Waals surface area contributed by atoms with E-state index in [1.54, 1.807) is 6.08 Å². The third-order valence-corrected chi connectivity index (χ3v) is 4.38. The first-order valence-electron chi connectivity index (χ1n) is 9.89. The number of hydrogen-bond acceptors (Lipinski definition) is 3. The second-order valence-electron chi connectivity index (χ2n) is 4.96. The Hall–Kier alpha value is -1.87. The Balaban J connectivity index is 0. The minimum absolute atomic E-state index is 0.764. The van der Waals surface area contributed by atoms with E-state index in [2.05, 4.69) is 26.7 Å². The van der Waals surface area contributed by atoms with Gasteiger partial charge in [-0.15, -0.1) is 0 Å². The van der Waals surface area contributed by atoms with Gasteiger partial charge in [-0.25, -0.2) is 0 Å². The number of nitrogens with zero attached hydrogens (tertiary/aromatic N) is 1. The zero-order valence-electron chi connectivity index (χ0n) is 18.3. The third-order valence-electron chi connectivity index (χ3n) is 3.21. The third kappa shape index (κ3) is 10.8. The highest BCUT2D eigenvalue weighted by Crippen LogP contribution is 2.25. The Morgan fingerprint density at radius 2 is 1.74 bits per heavy atom. The minimum atomic E-state index is 0.764. The summed E-state index contributed by atoms with van der Waals surface area (Å²) in [6.45, 7) is 24.8. The molecule has 0 atom stereocenters. The van der Waals surface area contributed by atoms with Crippen molar-refractivity contribution in [2.24, 2.45) is 0 Å². The Bertz CT molecular complexity index is 581. The summed E-state index contributed by atoms with van der Waals surface area (Å²) in [7, 11) is 0. The van der Waals surface area contributed by atoms with Crippen LogP contribution in [-0.4, -0.2) is 23.0 Å². The van der Waals surface area contributed by atoms with Gasteiger partial charge in [-0.1, -0.05) is 78.7 Å². The van der Waals surface area contributed by atoms with Gasteiger partial charge in [0.25, 0.3) is 0 Å². The molecule has 0 aromatic carbocycles. The van der Waals surface area contributed by atoms with E-state index in [1.165, 1.54) is 12.2 Å². The molecule has 1 aromatic heterocycles. The van der Waals surface area contributed by atoms with Crippen molar-refractivity contribution in [3.63, 3.8) is 0 Å². The lowest BCUT2D eigenvalue weighted by Crippen LogP contribution is -2.17. The summed E-state index contributed by atoms with van der Waals surface area (Å²) < 4.78 is 5.96. The van der Waals surface area contributed by atoms with E-state index in [1.807, 2.05) is 87.8 Å². The van der Waals surface area contributed by atoms with Crippen LogP contribution in [0.3, 0.4) is 0 Å². The molecule has 0 amide bonds. The minimum Gasteiger partial charge on any atom is -0.455 e. The van der Waals surface area contributed by atoms with E-state index >= 15 is 0 Å². The molecule has 0 saturated heterocycles. The van der Waals surface area contributed by atoms with Gasteiger partial charge in [0.15, 0.2) is 5.76 Å². The Labute approximate surface area is 172 Å². The van der Waals surface area contributed by atoms with Crippen molar-refractivity contribution >= 4 is 23.0 Å². The molecule has 0 spiro atoms. The lowest BCUT2D eigenvalue weighted by Gasteiger charge is -2.20. The zero-order chi connectivity index (χ0) is 21.1. The molecule has 0 unspecified atom stereocenters. The van der Waals surface area contributed by atoms with E-state index in [4.69, 9.17) is 4.42 Å². The first-order valence-corrected chi connectivity index (χ1v) is 11.0. The highest BCUT2D eigenvalue weighted by Gasteiger charge is 2.12. The van der Waals surface area contributed by atoms with E-state index in [-0.39, 0.29) is 0 Å². The molecule has 0 saturated carbocycles. The zero-order valence-corrected chi connectivity index (χ0v) is 19.1. The van der Waals surface area contributed by atoms with E-state index < -0.39 is 0 Å². The van der Waals surface area contributed by atoms with Gasteiger partial charge in [-0.05, 0) is 37.4 Å². The fraction of sp³-hybridized carbons (Fsp3) is 0.417. The van der Waals surface area contributed by atoms with Crippen LogP contribution in [0.1, 0.15) is 59.5 Å². The summed E-state index contributed by atoms with van der Waals surface area (Å²) >= 11 is 1.94. The van der Waals surface area contributed by atoms with Gasteiger partial charge >= 0.3 is 0 Å². The van der Waals surface area contributed by atoms with Crippen molar-refractivity contribution < 1.29 is 4.42 Å². The number of thioether (sulfide) groups is 1. The number of hydrogen-bond donors (Lipinski definition) is 0. The monoisotopic (exact) mass is 389 g/mol. The van der Waals surface area contributed by atoms with Crippen LogP contribution in [0.15, 0.2) is 66.8 Å². The van der Waals surface area contributed by atoms with Gasteiger partial charge in [0, 0.05) is 17.9 Å². The van der Waals surface area contributed by atoms with Crippen molar-refractivity contribution in [2.45, 2.75) is 48.0 Å². The van der Waals surface area contributed by atoms with Gasteiger partial charge in [-0.2, -0.15) is 11.8 Å². The van der Waals surface area contributed by atoms with Crippen LogP contribution in [0.5, 0.6) is 0 Å². The maximum Gasteiger partial charge on any atom is 0.150 e. The Kier molecular flexibility index (Phi) is 19.2. The van der Waals surface area contributed by atoms with Crippen LogP contribution in [-0.2, 0) is 0 Å². The molecule has 0 radical (unpaired) electrons. The predicted molar refractivity (Wildman–Crippen MR) is 128 cm³/mol. The standard InChI is InChI=1S/C20H27NOS.2C2H6/c1-6-10-18(11-7-2)20-13-12-19(22-20)17(5)21(9-4)14-16-23-15-8-3;2*1-2/h6-7,9-13H,1,4-5,8,14-16H2,2-3H3;2*1-2H3/b11-7-,18-10+;;. The molecule has 2 nitrogen and oxygen atoms in total. The van der Waals surface area contributed by atoms with Crippen molar-refractivity contribution in [1.29, 1.82) is 0 Å². The van der Waals surface area contributed by atoms with Crippen molar-refractivity contribution in [3.8, 4) is 0 Å². The SMILES string of the molecule is C=C/C=C(\C=C/C)c1ccc(C(=C)N(C=C)CCSCCC)o1.CC.CC. The van der Waals surface area contributed by atoms with Crippen LogP contribution >= 0.6 is 11.8 Å². The fourth-order valence-corrected chi connectivity index (χ4v) is 2.88. The molecule has 0 aliphatic heterocycles. The van der Waals surface area contributed by atoms with Gasteiger partial charge in [0.1, 0.15) is 5.76 Å². The Morgan fingerprint density at radius 3 is 2.26 bits per heavy atom. The van der Waals surface area contributed by atoms with Crippen molar-refractivity contribution in [1.82, 2.24) is 4.90 Å². The molecule has 27 heavy (non-hydrogen) atoms. The van der Waals surface area contributed by atoms with Crippen LogP contribution in [0, 0.1) is 0 Å². The molecule has 0 aliphatic carbocycles. The maximum atomic E-state index is 5.96. The second kappa shape index (κ2) is 18.9. The molecule has 1 aromatic rings. The summed E-state index contributed by atoms with van der Waals surface area (Å²) in [5.41, 5.74) is 1.83. The average molecular weight is 390 g/mol. The topological polar surface area (TPSA) is 16.4 Å². The molecule has 1 rings (SSSR count). The normalized spacial score (nSPS) is 10.4. The number of furan rings is 1. The molecule has 1 heterocycles. The highest BCUT2D eigenvalue weighted by atomic mass is 32.2. The molecule has 152 valence electrons. The lowest BCUT2D eigenvalue weighted by atomic mass is 10.2. The van der Waals surface area contributed by atoms with Crippen LogP contribution in [0.25, 0.3) is 11.3 Å². The van der Waals surface area contributed by atoms with Gasteiger partial charge in [0.05, 0.1) is 5.70 Å². The van der Waals surface area contributed by atoms with E-state index in [0.717, 1.165) is 35.1 Å². The number of rotatable bonds is 11. The molecular weight excluding hydrogens is 350 g/mol. The highest BCUT2D eigenvalue weighted by molar-refractivity contribution is 7.99. The quantitative estimate of drug-likeness (QED) is 0.281. The maximum absolute atomic E-state index is 5.96. The molecule has 0 bridgehead atoms. The summed E-state index contributed by atoms with van der Waals surface area (Å²) in [6, 6.07) is 3.91. The summed E-state index contributed by atoms with van der Waals surface area (Å²) in [6.07, 6.45) is 10.7. The first-order chi connectivity index (χ1) is 13.2. The number of allylic oxidation sites excluding steroid dienone is 5. The van der Waals surface area contributed by atoms with Gasteiger partial charge < -0.3 is 9.32 Å². The van der Waals surface area contributed by atoms with Gasteiger partial charge in [0.2, 0.25) is 0 Å². The van der Waals surface area contributed by atoms with Crippen molar-refractivity contribution in [3.05, 3.63) is 73.9 Å². The molecule has 0 fully saturated rings. The second-order valence-corrected chi connectivity index (χ2v) is 6.18. The summed E-state index contributed by atoms with van der Waals surface area (Å²) in [4.78, 5) is 2.04. The van der Waals surface area contributed by atoms with Crippen LogP contribution in [0.2, 0.25) is 0 Å². The predicted octanol–water partition coefficient (Wildman–Crippen LogP) is 8.04. The average Bonchev–Trinajstić information content (AvgIpc) is 3.21. The molecule has 3 heteroatoms. The summed E-state index contributed by atoms with van der Waals surface area (Å²) in [5.74, 6) is 3.80. The van der Waals surface area contributed by atoms with Crippen LogP contribution in [0.4, 0.5) is 0 Å². The Morgan fingerprint density at radius 1 is 1.11 bits per heavy atom.